The summed E-state index contributed by atoms with van der Waals surface area (Å²) in [6, 6.07) is 0. The lowest BCUT2D eigenvalue weighted by atomic mass is 10.4. The quantitative estimate of drug-likeness (QED) is 0.457. The zero-order valence-electron chi connectivity index (χ0n) is 5.04. The van der Waals surface area contributed by atoms with Crippen LogP contribution in [0.25, 0.3) is 0 Å². The fraction of sp³-hybridized carbons (Fsp3) is 1.00. The van der Waals surface area contributed by atoms with Crippen molar-refractivity contribution in [1.29, 1.82) is 0 Å². The molecule has 0 unspecified atom stereocenters. The smallest absolute Gasteiger partial charge is 0.0466 e. The average molecular weight is 143 g/mol. The zero-order chi connectivity index (χ0) is 3.54. The fourth-order valence-corrected chi connectivity index (χ4v) is 0.510. The first-order valence-corrected chi connectivity index (χ1v) is 2.08. The van der Waals surface area contributed by atoms with Gasteiger partial charge in [0.05, 0.1) is 0 Å². The molecule has 3 radical (unpaired) electrons. The lowest BCUT2D eigenvalue weighted by molar-refractivity contribution is 0.198. The van der Waals surface area contributed by atoms with Gasteiger partial charge in [-0.2, -0.15) is 0 Å². The molecule has 0 amide bonds. The molecule has 1 rings (SSSR count). The molecule has 0 aromatic carbocycles. The van der Waals surface area contributed by atoms with Crippen LogP contribution in [-0.4, -0.2) is 21.6 Å². The van der Waals surface area contributed by atoms with E-state index in [1.165, 1.54) is 12.8 Å². The molecule has 1 heterocycles. The second kappa shape index (κ2) is 15.7. The topological polar surface area (TPSA) is 9.23 Å². The Balaban J connectivity index is -0.0000000312. The van der Waals surface area contributed by atoms with Gasteiger partial charge in [0.15, 0.2) is 0 Å². The predicted molar refractivity (Wildman–Crippen MR) is 33.3 cm³/mol. The van der Waals surface area contributed by atoms with Crippen LogP contribution in [0, 0.1) is 0 Å². The molecule has 1 saturated heterocycles. The van der Waals surface area contributed by atoms with Crippen molar-refractivity contribution < 1.29 is 18.9 Å². The number of ether oxygens (including phenoxy) is 1. The average Bonchev–Trinajstić information content (AvgIpc) is 1.76. The minimum atomic E-state index is 0. The molecule has 0 atom stereocenters. The highest BCUT2D eigenvalue weighted by Crippen LogP contribution is 1.98. The summed E-state index contributed by atoms with van der Waals surface area (Å²) in [4.78, 5) is 0. The van der Waals surface area contributed by atoms with E-state index in [2.05, 4.69) is 0 Å². The van der Waals surface area contributed by atoms with Crippen molar-refractivity contribution in [2.75, 3.05) is 13.2 Å². The molecule has 1 nitrogen and oxygen atoms in total. The van der Waals surface area contributed by atoms with Crippen molar-refractivity contribution in [3.8, 4) is 0 Å². The van der Waals surface area contributed by atoms with Crippen LogP contribution in [0.2, 0.25) is 0 Å². The molecule has 0 aromatic heterocycles. The van der Waals surface area contributed by atoms with Crippen LogP contribution in [0.4, 0.5) is 14.1 Å². The third kappa shape index (κ3) is 11.4. The first kappa shape index (κ1) is 23.2. The summed E-state index contributed by atoms with van der Waals surface area (Å²) in [6.07, 6.45) is 2.56. The van der Waals surface area contributed by atoms with Crippen LogP contribution in [0.15, 0.2) is 0 Å². The van der Waals surface area contributed by atoms with Gasteiger partial charge in [0.25, 0.3) is 0 Å². The lowest BCUT2D eigenvalue weighted by Gasteiger charge is -1.76. The summed E-state index contributed by atoms with van der Waals surface area (Å²) in [7, 11) is 0. The van der Waals surface area contributed by atoms with E-state index >= 15 is 0 Å². The molecule has 5 heteroatoms. The summed E-state index contributed by atoms with van der Waals surface area (Å²) in [5, 5.41) is 0. The Bertz CT molecular complexity index is 27.4. The molecule has 0 N–H and O–H groups in total. The third-order valence-electron chi connectivity index (χ3n) is 0.827. The summed E-state index contributed by atoms with van der Waals surface area (Å²) in [5.41, 5.74) is 0. The van der Waals surface area contributed by atoms with Crippen LogP contribution in [0.3, 0.4) is 0 Å². The van der Waals surface area contributed by atoms with Gasteiger partial charge >= 0.3 is 0 Å². The van der Waals surface area contributed by atoms with Crippen LogP contribution in [0.5, 0.6) is 0 Å². The van der Waals surface area contributed by atoms with Gasteiger partial charge in [-0.3, -0.25) is 14.1 Å². The molecule has 1 aliphatic rings. The normalized spacial score (nSPS) is 13.3. The van der Waals surface area contributed by atoms with Gasteiger partial charge in [0.1, 0.15) is 0 Å². The molecular formula is C4H11BF3O. The van der Waals surface area contributed by atoms with Crippen LogP contribution in [0.1, 0.15) is 12.8 Å². The van der Waals surface area contributed by atoms with Crippen LogP contribution < -0.4 is 0 Å². The SMILES string of the molecule is C1CCOC1.F.F.F.[B]. The Morgan fingerprint density at radius 2 is 1.11 bits per heavy atom. The zero-order valence-corrected chi connectivity index (χ0v) is 5.04. The van der Waals surface area contributed by atoms with Gasteiger partial charge in [-0.25, -0.2) is 0 Å². The Hall–Kier alpha value is -0.185. The van der Waals surface area contributed by atoms with Gasteiger partial charge in [-0.1, -0.05) is 0 Å². The fourth-order valence-electron chi connectivity index (χ4n) is 0.510. The Kier molecular flexibility index (Phi) is 40.4. The van der Waals surface area contributed by atoms with Crippen molar-refractivity contribution in [2.45, 2.75) is 12.8 Å². The number of rotatable bonds is 0. The van der Waals surface area contributed by atoms with E-state index in [0.717, 1.165) is 13.2 Å². The summed E-state index contributed by atoms with van der Waals surface area (Å²) < 4.78 is 4.94. The molecular weight excluding hydrogens is 132 g/mol. The monoisotopic (exact) mass is 143 g/mol. The van der Waals surface area contributed by atoms with Crippen molar-refractivity contribution in [3.63, 3.8) is 0 Å². The van der Waals surface area contributed by atoms with Gasteiger partial charge in [0.2, 0.25) is 0 Å². The van der Waals surface area contributed by atoms with Crippen molar-refractivity contribution in [3.05, 3.63) is 0 Å². The molecule has 0 spiro atoms. The molecule has 0 aliphatic carbocycles. The van der Waals surface area contributed by atoms with E-state index in [-0.39, 0.29) is 22.5 Å². The highest BCUT2D eigenvalue weighted by molar-refractivity contribution is 5.75. The summed E-state index contributed by atoms with van der Waals surface area (Å²) >= 11 is 0. The minimum Gasteiger partial charge on any atom is -0.381 e. The highest BCUT2D eigenvalue weighted by Gasteiger charge is 1.94. The van der Waals surface area contributed by atoms with Crippen LogP contribution >= 0.6 is 0 Å². The molecule has 1 aliphatic heterocycles. The molecule has 0 bridgehead atoms. The van der Waals surface area contributed by atoms with Gasteiger partial charge < -0.3 is 4.74 Å². The minimum absolute atomic E-state index is 0. The summed E-state index contributed by atoms with van der Waals surface area (Å²) in [6.45, 7) is 2.00. The predicted octanol–water partition coefficient (Wildman–Crippen LogP) is 0.873. The number of halogens is 3. The van der Waals surface area contributed by atoms with E-state index in [9.17, 15) is 0 Å². The van der Waals surface area contributed by atoms with Crippen molar-refractivity contribution in [2.24, 2.45) is 0 Å². The van der Waals surface area contributed by atoms with E-state index in [0.29, 0.717) is 0 Å². The Morgan fingerprint density at radius 1 is 0.778 bits per heavy atom. The second-order valence-corrected chi connectivity index (χ2v) is 1.32. The number of hydrogen-bond donors (Lipinski definition) is 0. The highest BCUT2D eigenvalue weighted by atomic mass is 19.0. The molecule has 0 saturated carbocycles. The Labute approximate surface area is 54.4 Å². The maximum atomic E-state index is 4.94. The second-order valence-electron chi connectivity index (χ2n) is 1.32. The largest absolute Gasteiger partial charge is 0.381 e. The van der Waals surface area contributed by atoms with Crippen molar-refractivity contribution >= 4 is 8.41 Å². The first-order chi connectivity index (χ1) is 2.50. The Morgan fingerprint density at radius 3 is 1.22 bits per heavy atom. The maximum absolute atomic E-state index is 4.94. The van der Waals surface area contributed by atoms with E-state index in [4.69, 9.17) is 4.74 Å². The van der Waals surface area contributed by atoms with Gasteiger partial charge in [-0.05, 0) is 12.8 Å². The van der Waals surface area contributed by atoms with E-state index < -0.39 is 0 Å². The lowest BCUT2D eigenvalue weighted by Crippen LogP contribution is -1.74. The summed E-state index contributed by atoms with van der Waals surface area (Å²) in [5.74, 6) is 0. The third-order valence-corrected chi connectivity index (χ3v) is 0.827. The van der Waals surface area contributed by atoms with Crippen molar-refractivity contribution in [1.82, 2.24) is 0 Å². The molecule has 1 fully saturated rings. The van der Waals surface area contributed by atoms with E-state index in [1.807, 2.05) is 0 Å². The first-order valence-electron chi connectivity index (χ1n) is 2.08. The molecule has 9 heavy (non-hydrogen) atoms. The number of hydrogen-bond acceptors (Lipinski definition) is 1. The van der Waals surface area contributed by atoms with E-state index in [1.54, 1.807) is 0 Å². The molecule has 57 valence electrons. The maximum Gasteiger partial charge on any atom is 0.0466 e. The standard InChI is InChI=1S/C4H8O.B.3FH/c1-2-4-5-3-1;;;;/h1-4H2;;3*1H. The van der Waals surface area contributed by atoms with Gasteiger partial charge in [0, 0.05) is 21.6 Å². The molecule has 0 aromatic rings. The van der Waals surface area contributed by atoms with Crippen LogP contribution in [-0.2, 0) is 4.74 Å². The van der Waals surface area contributed by atoms with Gasteiger partial charge in [-0.15, -0.1) is 0 Å².